The first kappa shape index (κ1) is 15.3. The first-order chi connectivity index (χ1) is 11.5. The van der Waals surface area contributed by atoms with E-state index in [-0.39, 0.29) is 11.9 Å². The van der Waals surface area contributed by atoms with Gasteiger partial charge in [-0.2, -0.15) is 5.10 Å². The molecule has 1 aliphatic rings. The quantitative estimate of drug-likeness (QED) is 0.752. The van der Waals surface area contributed by atoms with E-state index in [4.69, 9.17) is 0 Å². The fraction of sp³-hybridized carbons (Fsp3) is 0.278. The van der Waals surface area contributed by atoms with Gasteiger partial charge in [-0.3, -0.25) is 4.79 Å². The maximum absolute atomic E-state index is 12.6. The van der Waals surface area contributed by atoms with Gasteiger partial charge in [-0.05, 0) is 44.0 Å². The van der Waals surface area contributed by atoms with E-state index in [0.717, 1.165) is 22.3 Å². The lowest BCUT2D eigenvalue weighted by Gasteiger charge is -2.05. The maximum atomic E-state index is 12.6. The third-order valence-electron chi connectivity index (χ3n) is 4.43. The van der Waals surface area contributed by atoms with Gasteiger partial charge in [0.15, 0.2) is 5.65 Å². The van der Waals surface area contributed by atoms with Gasteiger partial charge in [0.2, 0.25) is 0 Å². The average Bonchev–Trinajstić information content (AvgIpc) is 3.15. The summed E-state index contributed by atoms with van der Waals surface area (Å²) in [4.78, 5) is 17.1. The molecule has 0 aliphatic heterocycles. The zero-order chi connectivity index (χ0) is 16.8. The summed E-state index contributed by atoms with van der Waals surface area (Å²) in [5, 5.41) is 7.39. The molecule has 5 nitrogen and oxygen atoms in total. The number of nitrogens with zero attached hydrogens (tertiary/aromatic N) is 3. The molecule has 122 valence electrons. The highest BCUT2D eigenvalue weighted by molar-refractivity contribution is 9.10. The fourth-order valence-corrected chi connectivity index (χ4v) is 3.37. The van der Waals surface area contributed by atoms with Crippen molar-refractivity contribution in [1.29, 1.82) is 0 Å². The second-order valence-corrected chi connectivity index (χ2v) is 7.22. The smallest absolute Gasteiger partial charge is 0.257 e. The number of hydrogen-bond donors (Lipinski definition) is 1. The van der Waals surface area contributed by atoms with Gasteiger partial charge < -0.3 is 5.32 Å². The van der Waals surface area contributed by atoms with Crippen LogP contribution in [0.15, 0.2) is 41.0 Å². The Morgan fingerprint density at radius 3 is 2.79 bits per heavy atom. The minimum Gasteiger partial charge on any atom is -0.348 e. The molecule has 0 radical (unpaired) electrons. The summed E-state index contributed by atoms with van der Waals surface area (Å²) in [5.41, 5.74) is 4.26. The van der Waals surface area contributed by atoms with E-state index in [1.54, 1.807) is 10.7 Å². The molecule has 1 aromatic carbocycles. The Hall–Kier alpha value is -2.21. The summed E-state index contributed by atoms with van der Waals surface area (Å²) in [6.45, 7) is 3.88. The Morgan fingerprint density at radius 2 is 2.04 bits per heavy atom. The molecule has 0 bridgehead atoms. The first-order valence-electron chi connectivity index (χ1n) is 7.91. The Morgan fingerprint density at radius 1 is 1.29 bits per heavy atom. The van der Waals surface area contributed by atoms with Crippen molar-refractivity contribution >= 4 is 27.5 Å². The SMILES string of the molecule is Cc1cc(C)n2ncc(C(=O)N[C@@H]3C[C@H]3c3ccc(Br)cc3)c2n1. The van der Waals surface area contributed by atoms with E-state index in [0.29, 0.717) is 17.1 Å². The van der Waals surface area contributed by atoms with Crippen LogP contribution < -0.4 is 5.32 Å². The lowest BCUT2D eigenvalue weighted by Crippen LogP contribution is -2.26. The van der Waals surface area contributed by atoms with E-state index in [2.05, 4.69) is 43.5 Å². The molecule has 2 aromatic heterocycles. The Bertz CT molecular complexity index is 932. The summed E-state index contributed by atoms with van der Waals surface area (Å²) >= 11 is 3.45. The fourth-order valence-electron chi connectivity index (χ4n) is 3.11. The van der Waals surface area contributed by atoms with E-state index < -0.39 is 0 Å². The van der Waals surface area contributed by atoms with E-state index in [9.17, 15) is 4.79 Å². The molecule has 1 N–H and O–H groups in total. The molecule has 0 spiro atoms. The van der Waals surface area contributed by atoms with Crippen LogP contribution in [0.2, 0.25) is 0 Å². The topological polar surface area (TPSA) is 59.3 Å². The van der Waals surface area contributed by atoms with Gasteiger partial charge in [0.25, 0.3) is 5.91 Å². The van der Waals surface area contributed by atoms with Crippen LogP contribution in [-0.4, -0.2) is 26.5 Å². The monoisotopic (exact) mass is 384 g/mol. The summed E-state index contributed by atoms with van der Waals surface area (Å²) < 4.78 is 2.77. The number of nitrogens with one attached hydrogen (secondary N) is 1. The highest BCUT2D eigenvalue weighted by Crippen LogP contribution is 2.41. The number of fused-ring (bicyclic) bond motifs is 1. The van der Waals surface area contributed by atoms with Gasteiger partial charge in [0.1, 0.15) is 5.56 Å². The molecule has 24 heavy (non-hydrogen) atoms. The minimum absolute atomic E-state index is 0.105. The van der Waals surface area contributed by atoms with Crippen molar-refractivity contribution in [3.05, 3.63) is 63.5 Å². The van der Waals surface area contributed by atoms with E-state index in [1.165, 1.54) is 5.56 Å². The highest BCUT2D eigenvalue weighted by Gasteiger charge is 2.39. The summed E-state index contributed by atoms with van der Waals surface area (Å²) in [7, 11) is 0. The normalized spacial score (nSPS) is 19.5. The van der Waals surface area contributed by atoms with Crippen molar-refractivity contribution in [2.75, 3.05) is 0 Å². The van der Waals surface area contributed by atoms with Crippen molar-refractivity contribution in [1.82, 2.24) is 19.9 Å². The second kappa shape index (κ2) is 5.70. The molecule has 2 atom stereocenters. The number of amides is 1. The standard InChI is InChI=1S/C18H17BrN4O/c1-10-7-11(2)23-17(21-10)15(9-20-23)18(24)22-16-8-14(16)12-3-5-13(19)6-4-12/h3-7,9,14,16H,8H2,1-2H3,(H,22,24)/t14-,16+/m0/s1. The van der Waals surface area contributed by atoms with Gasteiger partial charge in [-0.15, -0.1) is 0 Å². The molecular weight excluding hydrogens is 368 g/mol. The zero-order valence-corrected chi connectivity index (χ0v) is 15.0. The van der Waals surface area contributed by atoms with Crippen LogP contribution in [-0.2, 0) is 0 Å². The third-order valence-corrected chi connectivity index (χ3v) is 4.96. The van der Waals surface area contributed by atoms with Gasteiger partial charge in [0, 0.05) is 27.8 Å². The van der Waals surface area contributed by atoms with Crippen LogP contribution in [0.3, 0.4) is 0 Å². The molecule has 0 unspecified atom stereocenters. The third kappa shape index (κ3) is 2.71. The van der Waals surface area contributed by atoms with Crippen molar-refractivity contribution in [3.63, 3.8) is 0 Å². The van der Waals surface area contributed by atoms with E-state index >= 15 is 0 Å². The molecule has 1 saturated carbocycles. The largest absolute Gasteiger partial charge is 0.348 e. The van der Waals surface area contributed by atoms with Crippen LogP contribution in [0.1, 0.15) is 39.6 Å². The van der Waals surface area contributed by atoms with Crippen molar-refractivity contribution in [2.45, 2.75) is 32.2 Å². The predicted molar refractivity (Wildman–Crippen MR) is 95.2 cm³/mol. The van der Waals surface area contributed by atoms with Crippen LogP contribution in [0, 0.1) is 13.8 Å². The Balaban J connectivity index is 1.53. The molecule has 1 aliphatic carbocycles. The lowest BCUT2D eigenvalue weighted by atomic mass is 10.1. The van der Waals surface area contributed by atoms with Crippen LogP contribution in [0.25, 0.3) is 5.65 Å². The number of benzene rings is 1. The van der Waals surface area contributed by atoms with Crippen molar-refractivity contribution in [2.24, 2.45) is 0 Å². The second-order valence-electron chi connectivity index (χ2n) is 6.31. The van der Waals surface area contributed by atoms with Gasteiger partial charge in [-0.1, -0.05) is 28.1 Å². The number of aryl methyl sites for hydroxylation is 2. The Labute approximate surface area is 148 Å². The molecule has 1 amide bonds. The number of aromatic nitrogens is 3. The predicted octanol–water partition coefficient (Wildman–Crippen LogP) is 3.39. The van der Waals surface area contributed by atoms with Gasteiger partial charge in [-0.25, -0.2) is 9.50 Å². The number of carbonyl (C=O) groups is 1. The summed E-state index contributed by atoms with van der Waals surface area (Å²) in [5.74, 6) is 0.285. The molecule has 6 heteroatoms. The molecule has 3 aromatic rings. The first-order valence-corrected chi connectivity index (χ1v) is 8.70. The molecule has 4 rings (SSSR count). The van der Waals surface area contributed by atoms with Crippen molar-refractivity contribution < 1.29 is 4.79 Å². The van der Waals surface area contributed by atoms with Crippen LogP contribution in [0.5, 0.6) is 0 Å². The minimum atomic E-state index is -0.105. The highest BCUT2D eigenvalue weighted by atomic mass is 79.9. The average molecular weight is 385 g/mol. The maximum Gasteiger partial charge on any atom is 0.257 e. The lowest BCUT2D eigenvalue weighted by molar-refractivity contribution is 0.0951. The molecular formula is C18H17BrN4O. The number of hydrogen-bond acceptors (Lipinski definition) is 3. The molecule has 0 saturated heterocycles. The number of halogens is 1. The summed E-state index contributed by atoms with van der Waals surface area (Å²) in [6.07, 6.45) is 2.57. The number of rotatable bonds is 3. The summed E-state index contributed by atoms with van der Waals surface area (Å²) in [6, 6.07) is 10.4. The van der Waals surface area contributed by atoms with Gasteiger partial charge in [0.05, 0.1) is 6.20 Å². The van der Waals surface area contributed by atoms with Crippen LogP contribution >= 0.6 is 15.9 Å². The zero-order valence-electron chi connectivity index (χ0n) is 13.5. The molecule has 2 heterocycles. The van der Waals surface area contributed by atoms with Crippen molar-refractivity contribution in [3.8, 4) is 0 Å². The van der Waals surface area contributed by atoms with Gasteiger partial charge >= 0.3 is 0 Å². The number of carbonyl (C=O) groups excluding carboxylic acids is 1. The Kier molecular flexibility index (Phi) is 3.64. The van der Waals surface area contributed by atoms with E-state index in [1.807, 2.05) is 32.0 Å². The molecule has 1 fully saturated rings. The van der Waals surface area contributed by atoms with Crippen LogP contribution in [0.4, 0.5) is 0 Å².